The Labute approximate surface area is 91.3 Å². The van der Waals surface area contributed by atoms with Crippen LogP contribution >= 0.6 is 11.6 Å². The fourth-order valence-electron chi connectivity index (χ4n) is 1.03. The molecule has 91 valence electrons. The van der Waals surface area contributed by atoms with E-state index in [0.29, 0.717) is 12.2 Å². The molecule has 1 rings (SSSR count). The Morgan fingerprint density at radius 1 is 1.12 bits per heavy atom. The van der Waals surface area contributed by atoms with Gasteiger partial charge in [0.15, 0.2) is 0 Å². The monoisotopic (exact) mass is 265 g/mol. The van der Waals surface area contributed by atoms with Gasteiger partial charge < -0.3 is 0 Å². The van der Waals surface area contributed by atoms with Gasteiger partial charge in [0.2, 0.25) is 0 Å². The van der Waals surface area contributed by atoms with Crippen molar-refractivity contribution in [2.24, 2.45) is 0 Å². The minimum absolute atomic E-state index is 0.305. The van der Waals surface area contributed by atoms with Crippen molar-refractivity contribution >= 4 is 11.6 Å². The summed E-state index contributed by atoms with van der Waals surface area (Å²) in [6, 6.07) is 0. The first-order chi connectivity index (χ1) is 7.08. The lowest BCUT2D eigenvalue weighted by molar-refractivity contribution is -0.332. The first-order valence-corrected chi connectivity index (χ1v) is 4.21. The van der Waals surface area contributed by atoms with Crippen LogP contribution in [0.3, 0.4) is 0 Å². The normalized spacial score (nSPS) is 22.8. The molecule has 1 atom stereocenters. The molecule has 16 heavy (non-hydrogen) atoms. The van der Waals surface area contributed by atoms with E-state index in [1.54, 1.807) is 0 Å². The van der Waals surface area contributed by atoms with Gasteiger partial charge in [-0.2, -0.15) is 13.2 Å². The van der Waals surface area contributed by atoms with Crippen molar-refractivity contribution in [3.63, 3.8) is 0 Å². The van der Waals surface area contributed by atoms with Gasteiger partial charge in [-0.25, -0.2) is 0 Å². The Balaban J connectivity index is 2.86. The maximum absolute atomic E-state index is 12.2. The molecule has 0 heterocycles. The van der Waals surface area contributed by atoms with E-state index in [1.165, 1.54) is 0 Å². The summed E-state index contributed by atoms with van der Waals surface area (Å²) in [6.07, 6.45) is -10.1. The van der Waals surface area contributed by atoms with E-state index < -0.39 is 29.2 Å². The Morgan fingerprint density at radius 2 is 1.69 bits per heavy atom. The average Bonchev–Trinajstić information content (AvgIpc) is 1.97. The van der Waals surface area contributed by atoms with Crippen LogP contribution in [-0.2, 0) is 4.74 Å². The smallest absolute Gasteiger partial charge is 0.284 e. The van der Waals surface area contributed by atoms with Gasteiger partial charge in [0.1, 0.15) is 0 Å². The highest BCUT2D eigenvalue weighted by molar-refractivity contribution is 6.31. The third kappa shape index (κ3) is 4.05. The number of alkyl halides is 6. The SMILES string of the molecule is FC(F)(F)OC1[CH]C(Cl)=CC(C(F)(F)F)=C1. The molecular formula is C8H4ClF6O. The maximum Gasteiger partial charge on any atom is 0.523 e. The van der Waals surface area contributed by atoms with E-state index in [9.17, 15) is 26.3 Å². The molecule has 0 aromatic carbocycles. The van der Waals surface area contributed by atoms with E-state index in [0.717, 1.165) is 6.42 Å². The summed E-state index contributed by atoms with van der Waals surface area (Å²) in [5, 5.41) is -0.455. The first kappa shape index (κ1) is 13.4. The molecule has 0 fully saturated rings. The molecule has 0 saturated carbocycles. The molecule has 0 aliphatic heterocycles. The number of allylic oxidation sites excluding steroid dienone is 2. The number of halogens is 7. The standard InChI is InChI=1S/C8H4ClF6O/c9-5-1-4(7(10,11)12)2-6(3-5)16-8(13,14)15/h1-3,6H. The second-order valence-electron chi connectivity index (χ2n) is 2.84. The second kappa shape index (κ2) is 4.29. The van der Waals surface area contributed by atoms with Crippen LogP contribution in [0.25, 0.3) is 0 Å². The maximum atomic E-state index is 12.2. The van der Waals surface area contributed by atoms with E-state index in [-0.39, 0.29) is 0 Å². The molecule has 0 N–H and O–H groups in total. The summed E-state index contributed by atoms with van der Waals surface area (Å²) >= 11 is 5.26. The molecule has 1 aliphatic rings. The van der Waals surface area contributed by atoms with E-state index in [4.69, 9.17) is 11.6 Å². The number of rotatable bonds is 1. The van der Waals surface area contributed by atoms with Gasteiger partial charge in [0.05, 0.1) is 11.7 Å². The zero-order chi connectivity index (χ0) is 12.6. The lowest BCUT2D eigenvalue weighted by Crippen LogP contribution is -2.26. The van der Waals surface area contributed by atoms with Crippen LogP contribution in [0.4, 0.5) is 26.3 Å². The van der Waals surface area contributed by atoms with E-state index in [2.05, 4.69) is 4.74 Å². The predicted octanol–water partition coefficient (Wildman–Crippen LogP) is 3.72. The second-order valence-corrected chi connectivity index (χ2v) is 3.28. The van der Waals surface area contributed by atoms with Gasteiger partial charge in [-0.3, -0.25) is 4.74 Å². The topological polar surface area (TPSA) is 9.23 Å². The lowest BCUT2D eigenvalue weighted by atomic mass is 10.0. The molecule has 8 heteroatoms. The highest BCUT2D eigenvalue weighted by Gasteiger charge is 2.39. The van der Waals surface area contributed by atoms with Crippen LogP contribution in [0, 0.1) is 6.42 Å². The minimum Gasteiger partial charge on any atom is -0.284 e. The Kier molecular flexibility index (Phi) is 3.59. The van der Waals surface area contributed by atoms with E-state index >= 15 is 0 Å². The average molecular weight is 266 g/mol. The molecule has 1 aliphatic carbocycles. The molecule has 0 spiro atoms. The molecule has 0 aromatic heterocycles. The van der Waals surface area contributed by atoms with Crippen LogP contribution in [0.1, 0.15) is 0 Å². The van der Waals surface area contributed by atoms with Crippen LogP contribution in [0.2, 0.25) is 0 Å². The molecule has 0 saturated heterocycles. The van der Waals surface area contributed by atoms with Crippen molar-refractivity contribution < 1.29 is 31.1 Å². The van der Waals surface area contributed by atoms with Crippen LogP contribution < -0.4 is 0 Å². The van der Waals surface area contributed by atoms with Crippen LogP contribution in [0.15, 0.2) is 22.8 Å². The zero-order valence-corrected chi connectivity index (χ0v) is 8.12. The quantitative estimate of drug-likeness (QED) is 0.657. The van der Waals surface area contributed by atoms with Crippen molar-refractivity contribution in [3.8, 4) is 0 Å². The Bertz CT molecular complexity index is 326. The number of ether oxygens (including phenoxy) is 1. The van der Waals surface area contributed by atoms with Crippen LogP contribution in [0.5, 0.6) is 0 Å². The van der Waals surface area contributed by atoms with Crippen molar-refractivity contribution in [2.45, 2.75) is 18.6 Å². The first-order valence-electron chi connectivity index (χ1n) is 3.83. The minimum atomic E-state index is -5.02. The van der Waals surface area contributed by atoms with Gasteiger partial charge in [0, 0.05) is 11.5 Å². The van der Waals surface area contributed by atoms with Gasteiger partial charge in [0.25, 0.3) is 0 Å². The van der Waals surface area contributed by atoms with Gasteiger partial charge >= 0.3 is 12.5 Å². The highest BCUT2D eigenvalue weighted by atomic mass is 35.5. The summed E-state index contributed by atoms with van der Waals surface area (Å²) in [5.41, 5.74) is -1.27. The largest absolute Gasteiger partial charge is 0.523 e. The molecule has 0 aromatic rings. The van der Waals surface area contributed by atoms with Crippen LogP contribution in [-0.4, -0.2) is 18.6 Å². The third-order valence-electron chi connectivity index (χ3n) is 1.56. The molecule has 1 unspecified atom stereocenters. The molecule has 0 bridgehead atoms. The molecular weight excluding hydrogens is 262 g/mol. The Morgan fingerprint density at radius 3 is 2.12 bits per heavy atom. The number of hydrogen-bond donors (Lipinski definition) is 0. The van der Waals surface area contributed by atoms with Gasteiger partial charge in [-0.05, 0) is 12.2 Å². The summed E-state index contributed by atoms with van der Waals surface area (Å²) in [5.74, 6) is 0. The summed E-state index contributed by atoms with van der Waals surface area (Å²) < 4.78 is 75.3. The number of hydrogen-bond acceptors (Lipinski definition) is 1. The fourth-order valence-corrected chi connectivity index (χ4v) is 1.27. The van der Waals surface area contributed by atoms with Crippen molar-refractivity contribution in [1.29, 1.82) is 0 Å². The van der Waals surface area contributed by atoms with Gasteiger partial charge in [-0.1, -0.05) is 11.6 Å². The predicted molar refractivity (Wildman–Crippen MR) is 43.3 cm³/mol. The molecule has 1 radical (unpaired) electrons. The Hall–Kier alpha value is -0.690. The summed E-state index contributed by atoms with van der Waals surface area (Å²) in [7, 11) is 0. The highest BCUT2D eigenvalue weighted by Crippen LogP contribution is 2.34. The van der Waals surface area contributed by atoms with Crippen molar-refractivity contribution in [2.75, 3.05) is 0 Å². The van der Waals surface area contributed by atoms with Gasteiger partial charge in [-0.15, -0.1) is 13.2 Å². The van der Waals surface area contributed by atoms with Crippen molar-refractivity contribution in [1.82, 2.24) is 0 Å². The lowest BCUT2D eigenvalue weighted by Gasteiger charge is -2.21. The fraction of sp³-hybridized carbons (Fsp3) is 0.375. The molecule has 1 nitrogen and oxygen atoms in total. The third-order valence-corrected chi connectivity index (χ3v) is 1.79. The zero-order valence-electron chi connectivity index (χ0n) is 7.36. The summed E-state index contributed by atoms with van der Waals surface area (Å²) in [6.45, 7) is 0. The summed E-state index contributed by atoms with van der Waals surface area (Å²) in [4.78, 5) is 0. The molecule has 0 amide bonds. The van der Waals surface area contributed by atoms with Crippen molar-refractivity contribution in [3.05, 3.63) is 29.2 Å². The van der Waals surface area contributed by atoms with E-state index in [1.807, 2.05) is 0 Å².